The molecule has 0 bridgehead atoms. The summed E-state index contributed by atoms with van der Waals surface area (Å²) in [5.74, 6) is 0. The number of amidine groups is 1. The van der Waals surface area contributed by atoms with Crippen LogP contribution < -0.4 is 0 Å². The average molecular weight is 350 g/mol. The minimum atomic E-state index is 0.222. The van der Waals surface area contributed by atoms with Gasteiger partial charge in [0.25, 0.3) is 0 Å². The molecule has 1 unspecified atom stereocenters. The van der Waals surface area contributed by atoms with E-state index in [0.29, 0.717) is 0 Å². The number of hydrogen-bond acceptors (Lipinski definition) is 3. The maximum absolute atomic E-state index is 4.60. The minimum Gasteiger partial charge on any atom is -0.292 e. The predicted molar refractivity (Wildman–Crippen MR) is 74.1 cm³/mol. The van der Waals surface area contributed by atoms with Crippen LogP contribution in [-0.2, 0) is 0 Å². The summed E-state index contributed by atoms with van der Waals surface area (Å²) < 4.78 is 0.978. The molecule has 2 heterocycles. The number of thioether (sulfide) groups is 1. The van der Waals surface area contributed by atoms with Crippen molar-refractivity contribution in [2.75, 3.05) is 0 Å². The van der Waals surface area contributed by atoms with Crippen LogP contribution in [0.15, 0.2) is 38.6 Å². The molecule has 0 aromatic rings. The lowest BCUT2D eigenvalue weighted by Gasteiger charge is -2.28. The lowest BCUT2D eigenvalue weighted by atomic mass is 10.2. The fraction of sp³-hybridized carbons (Fsp3) is 0.300. The van der Waals surface area contributed by atoms with Crippen LogP contribution in [0.2, 0.25) is 0 Å². The van der Waals surface area contributed by atoms with Crippen molar-refractivity contribution < 1.29 is 0 Å². The highest BCUT2D eigenvalue weighted by molar-refractivity contribution is 9.12. The number of aliphatic imine (C=N–C) groups is 1. The van der Waals surface area contributed by atoms with Gasteiger partial charge in [0.1, 0.15) is 0 Å². The maximum atomic E-state index is 4.60. The highest BCUT2D eigenvalue weighted by Crippen LogP contribution is 2.40. The van der Waals surface area contributed by atoms with E-state index in [9.17, 15) is 0 Å². The van der Waals surface area contributed by atoms with Crippen molar-refractivity contribution in [2.45, 2.75) is 18.7 Å². The Hall–Kier alpha value is -0.000000000000000111. The van der Waals surface area contributed by atoms with E-state index in [1.807, 2.05) is 0 Å². The Balaban J connectivity index is 2.46. The van der Waals surface area contributed by atoms with Gasteiger partial charge < -0.3 is 0 Å². The van der Waals surface area contributed by atoms with Gasteiger partial charge in [0.15, 0.2) is 5.17 Å². The lowest BCUT2D eigenvalue weighted by molar-refractivity contribution is 0.658. The Kier molecular flexibility index (Phi) is 3.14. The van der Waals surface area contributed by atoms with Crippen molar-refractivity contribution in [3.8, 4) is 0 Å². The van der Waals surface area contributed by atoms with Crippen molar-refractivity contribution in [3.63, 3.8) is 0 Å². The lowest BCUT2D eigenvalue weighted by Crippen LogP contribution is -2.26. The van der Waals surface area contributed by atoms with Gasteiger partial charge in [-0.15, -0.1) is 0 Å². The van der Waals surface area contributed by atoms with Crippen molar-refractivity contribution in [3.05, 3.63) is 33.6 Å². The van der Waals surface area contributed by atoms with Crippen molar-refractivity contribution in [1.29, 1.82) is 0 Å². The third-order valence-corrected chi connectivity index (χ3v) is 4.46. The Bertz CT molecular complexity index is 421. The molecular weight excluding hydrogens is 340 g/mol. The van der Waals surface area contributed by atoms with Crippen molar-refractivity contribution in [1.82, 2.24) is 4.90 Å². The molecule has 0 fully saturated rings. The topological polar surface area (TPSA) is 15.6 Å². The third kappa shape index (κ3) is 1.85. The summed E-state index contributed by atoms with van der Waals surface area (Å²) in [6.07, 6.45) is 0. The van der Waals surface area contributed by atoms with E-state index in [0.717, 1.165) is 21.0 Å². The molecule has 2 nitrogen and oxygen atoms in total. The first kappa shape index (κ1) is 11.5. The molecular formula is C10H10Br2N2S. The van der Waals surface area contributed by atoms with Crippen molar-refractivity contribution in [2.24, 2.45) is 4.99 Å². The average Bonchev–Trinajstić information content (AvgIpc) is 2.53. The standard InChI is InChI=1S/C10H10Br2N2S/c1-5-4-15-10-13-9(6(2)11)8(12)7(3)14(5)10/h4,6H,3H2,1-2H3. The van der Waals surface area contributed by atoms with Crippen LogP contribution in [0.3, 0.4) is 0 Å². The van der Waals surface area contributed by atoms with E-state index >= 15 is 0 Å². The first-order chi connectivity index (χ1) is 7.02. The van der Waals surface area contributed by atoms with Gasteiger partial charge in [0.2, 0.25) is 0 Å². The second kappa shape index (κ2) is 4.11. The van der Waals surface area contributed by atoms with Gasteiger partial charge in [-0.25, -0.2) is 4.99 Å². The molecule has 0 aliphatic carbocycles. The molecule has 5 heteroatoms. The predicted octanol–water partition coefficient (Wildman–Crippen LogP) is 4.17. The summed E-state index contributed by atoms with van der Waals surface area (Å²) in [6, 6.07) is 0. The summed E-state index contributed by atoms with van der Waals surface area (Å²) >= 11 is 8.72. The molecule has 2 aliphatic rings. The maximum Gasteiger partial charge on any atom is 0.177 e. The summed E-state index contributed by atoms with van der Waals surface area (Å²) in [4.78, 5) is 6.89. The fourth-order valence-corrected chi connectivity index (χ4v) is 3.60. The summed E-state index contributed by atoms with van der Waals surface area (Å²) in [5, 5.41) is 3.08. The molecule has 0 saturated carbocycles. The normalized spacial score (nSPS) is 22.7. The largest absolute Gasteiger partial charge is 0.292 e. The van der Waals surface area contributed by atoms with Crippen LogP contribution in [0, 0.1) is 0 Å². The molecule has 1 atom stereocenters. The number of fused-ring (bicyclic) bond motifs is 1. The zero-order valence-electron chi connectivity index (χ0n) is 8.42. The number of hydrogen-bond donors (Lipinski definition) is 0. The molecule has 0 saturated heterocycles. The van der Waals surface area contributed by atoms with E-state index in [-0.39, 0.29) is 4.83 Å². The van der Waals surface area contributed by atoms with Gasteiger partial charge in [-0.3, -0.25) is 4.90 Å². The molecule has 0 radical (unpaired) electrons. The van der Waals surface area contributed by atoms with Gasteiger partial charge in [-0.2, -0.15) is 0 Å². The quantitative estimate of drug-likeness (QED) is 0.660. The Morgan fingerprint density at radius 2 is 2.27 bits per heavy atom. The SMILES string of the molecule is C=C1C(Br)=C(C(C)Br)N=C2SC=C(C)N12. The molecule has 0 amide bonds. The number of rotatable bonds is 1. The van der Waals surface area contributed by atoms with Crippen LogP contribution in [0.4, 0.5) is 0 Å². The molecule has 2 rings (SSSR count). The van der Waals surface area contributed by atoms with Gasteiger partial charge in [0, 0.05) is 5.70 Å². The van der Waals surface area contributed by atoms with E-state index in [1.165, 1.54) is 5.70 Å². The summed E-state index contributed by atoms with van der Waals surface area (Å²) in [6.45, 7) is 8.20. The Morgan fingerprint density at radius 3 is 2.87 bits per heavy atom. The molecule has 0 spiro atoms. The van der Waals surface area contributed by atoms with Gasteiger partial charge in [0.05, 0.1) is 20.7 Å². The van der Waals surface area contributed by atoms with E-state index < -0.39 is 0 Å². The third-order valence-electron chi connectivity index (χ3n) is 2.22. The molecule has 0 N–H and O–H groups in total. The summed E-state index contributed by atoms with van der Waals surface area (Å²) in [7, 11) is 0. The van der Waals surface area contributed by atoms with Crippen LogP contribution in [0.5, 0.6) is 0 Å². The van der Waals surface area contributed by atoms with Crippen LogP contribution in [0.25, 0.3) is 0 Å². The van der Waals surface area contributed by atoms with Gasteiger partial charge in [-0.1, -0.05) is 34.3 Å². The smallest absolute Gasteiger partial charge is 0.177 e. The molecule has 15 heavy (non-hydrogen) atoms. The van der Waals surface area contributed by atoms with Crippen molar-refractivity contribution >= 4 is 48.8 Å². The second-order valence-electron chi connectivity index (χ2n) is 3.37. The zero-order chi connectivity index (χ0) is 11.2. The highest BCUT2D eigenvalue weighted by Gasteiger charge is 2.30. The molecule has 2 aliphatic heterocycles. The first-order valence-corrected chi connectivity index (χ1v) is 7.06. The second-order valence-corrected chi connectivity index (χ2v) is 6.37. The Labute approximate surface area is 110 Å². The van der Waals surface area contributed by atoms with E-state index in [1.54, 1.807) is 11.8 Å². The number of allylic oxidation sites excluding steroid dienone is 3. The monoisotopic (exact) mass is 348 g/mol. The van der Waals surface area contributed by atoms with Crippen LogP contribution in [0.1, 0.15) is 13.8 Å². The zero-order valence-corrected chi connectivity index (χ0v) is 12.4. The first-order valence-electron chi connectivity index (χ1n) is 4.47. The minimum absolute atomic E-state index is 0.222. The fourth-order valence-electron chi connectivity index (χ4n) is 1.46. The highest BCUT2D eigenvalue weighted by atomic mass is 79.9. The van der Waals surface area contributed by atoms with Gasteiger partial charge in [-0.05, 0) is 35.2 Å². The number of nitrogens with zero attached hydrogens (tertiary/aromatic N) is 2. The van der Waals surface area contributed by atoms with Gasteiger partial charge >= 0.3 is 0 Å². The number of alkyl halides is 1. The van der Waals surface area contributed by atoms with E-state index in [2.05, 4.69) is 67.6 Å². The molecule has 80 valence electrons. The van der Waals surface area contributed by atoms with Crippen LogP contribution in [-0.4, -0.2) is 14.9 Å². The van der Waals surface area contributed by atoms with E-state index in [4.69, 9.17) is 0 Å². The molecule has 0 aromatic carbocycles. The summed E-state index contributed by atoms with van der Waals surface area (Å²) in [5.41, 5.74) is 3.13. The number of halogens is 2. The Morgan fingerprint density at radius 1 is 1.60 bits per heavy atom. The molecule has 0 aromatic heterocycles. The van der Waals surface area contributed by atoms with Crippen LogP contribution >= 0.6 is 43.6 Å².